The van der Waals surface area contributed by atoms with E-state index in [0.717, 1.165) is 0 Å². The average Bonchev–Trinajstić information content (AvgIpc) is 2.18. The van der Waals surface area contributed by atoms with Gasteiger partial charge in [-0.3, -0.25) is 0 Å². The second-order valence-corrected chi connectivity index (χ2v) is 16.5. The van der Waals surface area contributed by atoms with E-state index < -0.39 is 8.40 Å². The number of nitrogens with one attached hydrogen (secondary N) is 2. The fourth-order valence-electron chi connectivity index (χ4n) is 1.21. The van der Waals surface area contributed by atoms with Gasteiger partial charge in [0.1, 0.15) is 0 Å². The van der Waals surface area contributed by atoms with Crippen molar-refractivity contribution >= 4 is 37.9 Å². The summed E-state index contributed by atoms with van der Waals surface area (Å²) in [5, 5.41) is 0. The molecule has 0 bridgehead atoms. The van der Waals surface area contributed by atoms with Crippen LogP contribution in [0.15, 0.2) is 13.2 Å². The molecule has 1 aliphatic rings. The number of hydrogen-bond donors (Lipinski definition) is 2. The van der Waals surface area contributed by atoms with Crippen LogP contribution in [0.5, 0.6) is 0 Å². The lowest BCUT2D eigenvalue weighted by Gasteiger charge is -2.42. The molecule has 0 saturated carbocycles. The summed E-state index contributed by atoms with van der Waals surface area (Å²) in [6, 6.07) is 0. The van der Waals surface area contributed by atoms with E-state index in [-0.39, 0.29) is 29.5 Å². The second kappa shape index (κ2) is 6.84. The minimum absolute atomic E-state index is 0.0984. The first-order valence-corrected chi connectivity index (χ1v) is 11.9. The van der Waals surface area contributed by atoms with Crippen molar-refractivity contribution in [2.75, 3.05) is 14.1 Å². The second-order valence-electron chi connectivity index (χ2n) is 3.88. The summed E-state index contributed by atoms with van der Waals surface area (Å²) in [7, 11) is 3.04. The Morgan fingerprint density at radius 1 is 1.00 bits per heavy atom. The lowest BCUT2D eigenvalue weighted by Crippen LogP contribution is -2.68. The summed E-state index contributed by atoms with van der Waals surface area (Å²) < 4.78 is 12.6. The number of rotatable bonds is 0. The first-order valence-electron chi connectivity index (χ1n) is 4.89. The Kier molecular flexibility index (Phi) is 7.06. The molecule has 84 valence electrons. The number of nitrogens with zero attached hydrogens (tertiary/aromatic N) is 2. The van der Waals surface area contributed by atoms with Crippen LogP contribution in [0.3, 0.4) is 0 Å². The van der Waals surface area contributed by atoms with E-state index in [1.165, 1.54) is 0 Å². The molecule has 0 atom stereocenters. The van der Waals surface area contributed by atoms with Crippen molar-refractivity contribution in [3.05, 3.63) is 13.2 Å². The molecule has 8 heteroatoms. The van der Waals surface area contributed by atoms with E-state index in [2.05, 4.69) is 58.1 Å². The molecule has 0 radical (unpaired) electrons. The normalized spacial score (nSPS) is 29.4. The predicted molar refractivity (Wildman–Crippen MR) is 76.2 cm³/mol. The van der Waals surface area contributed by atoms with Crippen molar-refractivity contribution in [2.45, 2.75) is 13.1 Å². The average molecular weight is 265 g/mol. The van der Waals surface area contributed by atoms with E-state index in [9.17, 15) is 0 Å². The molecule has 4 nitrogen and oxygen atoms in total. The van der Waals surface area contributed by atoms with Crippen LogP contribution in [0.25, 0.3) is 0 Å². The standard InChI is InChI=1S/C4H20N4Si4.C2H4/c1-7-10-5-9-6-11-8(2)12(7,3)4;1-2/h5-6H,9-11H2,1-4H3;1-2H2. The van der Waals surface area contributed by atoms with E-state index >= 15 is 0 Å². The minimum atomic E-state index is -1.19. The molecular weight excluding hydrogens is 240 g/mol. The zero-order valence-electron chi connectivity index (χ0n) is 9.93. The fourth-order valence-corrected chi connectivity index (χ4v) is 14.8. The molecular formula is C6H24N4Si4. The quantitative estimate of drug-likeness (QED) is 0.376. The molecule has 0 amide bonds. The van der Waals surface area contributed by atoms with Crippen molar-refractivity contribution in [1.29, 1.82) is 0 Å². The summed E-state index contributed by atoms with van der Waals surface area (Å²) in [4.78, 5) is 0. The van der Waals surface area contributed by atoms with Gasteiger partial charge in [-0.2, -0.15) is 0 Å². The van der Waals surface area contributed by atoms with E-state index in [0.29, 0.717) is 0 Å². The topological polar surface area (TPSA) is 30.5 Å². The highest BCUT2D eigenvalue weighted by Crippen LogP contribution is 2.08. The Bertz CT molecular complexity index is 154. The van der Waals surface area contributed by atoms with Crippen LogP contribution in [0.4, 0.5) is 0 Å². The zero-order chi connectivity index (χ0) is 11.2. The molecule has 0 unspecified atom stereocenters. The van der Waals surface area contributed by atoms with Crippen LogP contribution < -0.4 is 9.30 Å². The van der Waals surface area contributed by atoms with Gasteiger partial charge in [0.2, 0.25) is 0 Å². The molecule has 1 aliphatic heterocycles. The third-order valence-electron chi connectivity index (χ3n) is 2.82. The molecule has 1 saturated heterocycles. The fraction of sp³-hybridized carbons (Fsp3) is 0.667. The smallest absolute Gasteiger partial charge is 0.187 e. The van der Waals surface area contributed by atoms with Gasteiger partial charge in [-0.15, -0.1) is 13.2 Å². The minimum Gasteiger partial charge on any atom is -0.346 e. The molecule has 1 rings (SSSR count). The molecule has 14 heavy (non-hydrogen) atoms. The summed E-state index contributed by atoms with van der Waals surface area (Å²) in [5.41, 5.74) is 0. The van der Waals surface area contributed by atoms with Gasteiger partial charge in [-0.05, 0) is 27.2 Å². The molecule has 0 aromatic heterocycles. The molecule has 1 heterocycles. The van der Waals surface area contributed by atoms with Crippen LogP contribution in [0.1, 0.15) is 0 Å². The first-order chi connectivity index (χ1) is 6.55. The molecule has 0 aliphatic carbocycles. The highest BCUT2D eigenvalue weighted by atomic mass is 28.4. The van der Waals surface area contributed by atoms with Gasteiger partial charge in [-0.1, -0.05) is 0 Å². The van der Waals surface area contributed by atoms with Gasteiger partial charge < -0.3 is 17.8 Å². The summed E-state index contributed by atoms with van der Waals surface area (Å²) in [6.45, 7) is 10.9. The lowest BCUT2D eigenvalue weighted by molar-refractivity contribution is 0.646. The Labute approximate surface area is 96.2 Å². The SMILES string of the molecule is C=C.CN1[SiH2]N[SiH2]N[SiH2]N(C)[Si]1(C)C. The summed E-state index contributed by atoms with van der Waals surface area (Å²) >= 11 is 0. The Hall–Kier alpha value is 0.448. The largest absolute Gasteiger partial charge is 0.346 e. The van der Waals surface area contributed by atoms with Gasteiger partial charge >= 0.3 is 0 Å². The van der Waals surface area contributed by atoms with Crippen molar-refractivity contribution in [2.24, 2.45) is 0 Å². The Morgan fingerprint density at radius 3 is 1.71 bits per heavy atom. The predicted octanol–water partition coefficient (Wildman–Crippen LogP) is -2.46. The maximum atomic E-state index is 3.65. The van der Waals surface area contributed by atoms with Crippen LogP contribution in [-0.4, -0.2) is 60.5 Å². The molecule has 0 aromatic carbocycles. The maximum absolute atomic E-state index is 3.65. The van der Waals surface area contributed by atoms with Gasteiger partial charge in [-0.25, -0.2) is 0 Å². The monoisotopic (exact) mass is 264 g/mol. The highest BCUT2D eigenvalue weighted by molar-refractivity contribution is 6.84. The van der Waals surface area contributed by atoms with E-state index in [4.69, 9.17) is 0 Å². The highest BCUT2D eigenvalue weighted by Gasteiger charge is 2.31. The maximum Gasteiger partial charge on any atom is 0.187 e. The number of hydrogen-bond acceptors (Lipinski definition) is 4. The summed E-state index contributed by atoms with van der Waals surface area (Å²) in [6.07, 6.45) is 0. The van der Waals surface area contributed by atoms with Gasteiger partial charge in [0.05, 0.1) is 0 Å². The third-order valence-corrected chi connectivity index (χ3v) is 16.9. The Balaban J connectivity index is 0.000000791. The van der Waals surface area contributed by atoms with Crippen molar-refractivity contribution < 1.29 is 0 Å². The van der Waals surface area contributed by atoms with Gasteiger partial charge in [0, 0.05) is 0 Å². The molecule has 0 spiro atoms. The van der Waals surface area contributed by atoms with Crippen LogP contribution >= 0.6 is 0 Å². The van der Waals surface area contributed by atoms with Crippen LogP contribution in [0.2, 0.25) is 13.1 Å². The molecule has 2 N–H and O–H groups in total. The first kappa shape index (κ1) is 14.4. The Morgan fingerprint density at radius 2 is 1.36 bits per heavy atom. The van der Waals surface area contributed by atoms with Crippen LogP contribution in [0, 0.1) is 0 Å². The van der Waals surface area contributed by atoms with Crippen molar-refractivity contribution in [3.8, 4) is 0 Å². The summed E-state index contributed by atoms with van der Waals surface area (Å²) in [5.74, 6) is 0. The van der Waals surface area contributed by atoms with Crippen LogP contribution in [-0.2, 0) is 0 Å². The van der Waals surface area contributed by atoms with Crippen molar-refractivity contribution in [3.63, 3.8) is 0 Å². The zero-order valence-corrected chi connectivity index (χ0v) is 15.2. The van der Waals surface area contributed by atoms with Gasteiger partial charge in [0.25, 0.3) is 0 Å². The van der Waals surface area contributed by atoms with E-state index in [1.54, 1.807) is 0 Å². The lowest BCUT2D eigenvalue weighted by atomic mass is 11.3. The molecule has 0 aromatic rings. The van der Waals surface area contributed by atoms with E-state index in [1.807, 2.05) is 0 Å². The molecule has 1 fully saturated rings. The van der Waals surface area contributed by atoms with Gasteiger partial charge in [0.15, 0.2) is 37.9 Å². The van der Waals surface area contributed by atoms with Crippen molar-refractivity contribution in [1.82, 2.24) is 17.8 Å². The third kappa shape index (κ3) is 3.90.